The number of hydrogen-bond acceptors (Lipinski definition) is 4. The maximum absolute atomic E-state index is 12.7. The number of rotatable bonds is 6. The number of ether oxygens (including phenoxy) is 1. The molecule has 1 aliphatic rings. The van der Waals surface area contributed by atoms with Gasteiger partial charge in [0.1, 0.15) is 0 Å². The standard InChI is InChI=1S/C15H24N2O3S/c1-11(2)14(10-20-3)17-21(18,19)15-6-4-5-12-9-16-8-7-13(12)15/h4-6,11,14,16-17H,7-10H2,1-3H3. The molecule has 1 heterocycles. The summed E-state index contributed by atoms with van der Waals surface area (Å²) in [6.07, 6.45) is 0.739. The molecule has 6 heteroatoms. The molecule has 0 saturated heterocycles. The van der Waals surface area contributed by atoms with E-state index in [1.54, 1.807) is 19.2 Å². The molecule has 0 spiro atoms. The maximum atomic E-state index is 12.7. The fourth-order valence-corrected chi connectivity index (χ4v) is 4.23. The minimum Gasteiger partial charge on any atom is -0.383 e. The Morgan fingerprint density at radius 1 is 1.38 bits per heavy atom. The number of fused-ring (bicyclic) bond motifs is 1. The van der Waals surface area contributed by atoms with E-state index in [4.69, 9.17) is 4.74 Å². The van der Waals surface area contributed by atoms with Crippen LogP contribution in [0.2, 0.25) is 0 Å². The van der Waals surface area contributed by atoms with E-state index < -0.39 is 10.0 Å². The lowest BCUT2D eigenvalue weighted by atomic mass is 10.0. The van der Waals surface area contributed by atoms with E-state index in [9.17, 15) is 8.42 Å². The van der Waals surface area contributed by atoms with Crippen LogP contribution in [0.25, 0.3) is 0 Å². The molecule has 1 aromatic carbocycles. The van der Waals surface area contributed by atoms with Crippen LogP contribution in [0.3, 0.4) is 0 Å². The van der Waals surface area contributed by atoms with Gasteiger partial charge < -0.3 is 10.1 Å². The van der Waals surface area contributed by atoms with Gasteiger partial charge in [0.2, 0.25) is 10.0 Å². The van der Waals surface area contributed by atoms with E-state index in [-0.39, 0.29) is 12.0 Å². The van der Waals surface area contributed by atoms with Crippen molar-refractivity contribution in [1.82, 2.24) is 10.0 Å². The molecule has 1 atom stereocenters. The van der Waals surface area contributed by atoms with E-state index in [0.29, 0.717) is 11.5 Å². The molecule has 0 aliphatic carbocycles. The van der Waals surface area contributed by atoms with Crippen LogP contribution in [0, 0.1) is 5.92 Å². The highest BCUT2D eigenvalue weighted by Gasteiger charge is 2.26. The summed E-state index contributed by atoms with van der Waals surface area (Å²) in [4.78, 5) is 0.406. The van der Waals surface area contributed by atoms with Gasteiger partial charge in [0.05, 0.1) is 11.5 Å². The van der Waals surface area contributed by atoms with Gasteiger partial charge in [-0.2, -0.15) is 0 Å². The molecular weight excluding hydrogens is 288 g/mol. The van der Waals surface area contributed by atoms with Crippen molar-refractivity contribution in [2.24, 2.45) is 5.92 Å². The Balaban J connectivity index is 2.31. The van der Waals surface area contributed by atoms with Gasteiger partial charge in [0.25, 0.3) is 0 Å². The van der Waals surface area contributed by atoms with Crippen LogP contribution in [-0.4, -0.2) is 34.7 Å². The molecule has 0 fully saturated rings. The van der Waals surface area contributed by atoms with Gasteiger partial charge in [-0.3, -0.25) is 0 Å². The molecule has 2 N–H and O–H groups in total. The largest absolute Gasteiger partial charge is 0.383 e. The summed E-state index contributed by atoms with van der Waals surface area (Å²) in [6, 6.07) is 5.26. The smallest absolute Gasteiger partial charge is 0.241 e. The third kappa shape index (κ3) is 3.83. The fraction of sp³-hybridized carbons (Fsp3) is 0.600. The van der Waals surface area contributed by atoms with Crippen LogP contribution < -0.4 is 10.0 Å². The predicted molar refractivity (Wildman–Crippen MR) is 82.7 cm³/mol. The number of hydrogen-bond donors (Lipinski definition) is 2. The topological polar surface area (TPSA) is 67.4 Å². The molecular formula is C15H24N2O3S. The van der Waals surface area contributed by atoms with Crippen LogP contribution >= 0.6 is 0 Å². The zero-order valence-electron chi connectivity index (χ0n) is 12.8. The van der Waals surface area contributed by atoms with Crippen LogP contribution in [0.5, 0.6) is 0 Å². The molecule has 1 aliphatic heterocycles. The van der Waals surface area contributed by atoms with E-state index in [0.717, 1.165) is 30.6 Å². The molecule has 0 aromatic heterocycles. The molecule has 2 rings (SSSR count). The highest BCUT2D eigenvalue weighted by atomic mass is 32.2. The Kier molecular flexibility index (Phi) is 5.37. The first-order valence-corrected chi connectivity index (χ1v) is 8.76. The summed E-state index contributed by atoms with van der Waals surface area (Å²) in [5.74, 6) is 0.168. The predicted octanol–water partition coefficient (Wildman–Crippen LogP) is 1.28. The first kappa shape index (κ1) is 16.4. The van der Waals surface area contributed by atoms with Gasteiger partial charge in [-0.1, -0.05) is 26.0 Å². The number of methoxy groups -OCH3 is 1. The van der Waals surface area contributed by atoms with Crippen molar-refractivity contribution in [3.05, 3.63) is 29.3 Å². The highest BCUT2D eigenvalue weighted by molar-refractivity contribution is 7.89. The normalized spacial score (nSPS) is 16.8. The van der Waals surface area contributed by atoms with Crippen LogP contribution in [0.4, 0.5) is 0 Å². The van der Waals surface area contributed by atoms with Gasteiger partial charge in [0.15, 0.2) is 0 Å². The molecule has 5 nitrogen and oxygen atoms in total. The minimum absolute atomic E-state index is 0.168. The van der Waals surface area contributed by atoms with Crippen molar-refractivity contribution in [3.8, 4) is 0 Å². The SMILES string of the molecule is COCC(NS(=O)(=O)c1cccc2c1CCNC2)C(C)C. The molecule has 0 radical (unpaired) electrons. The van der Waals surface area contributed by atoms with Crippen molar-refractivity contribution in [3.63, 3.8) is 0 Å². The van der Waals surface area contributed by atoms with Gasteiger partial charge in [-0.05, 0) is 36.1 Å². The summed E-state index contributed by atoms with van der Waals surface area (Å²) in [6.45, 7) is 5.87. The van der Waals surface area contributed by atoms with Crippen molar-refractivity contribution in [1.29, 1.82) is 0 Å². The Morgan fingerprint density at radius 2 is 2.14 bits per heavy atom. The van der Waals surface area contributed by atoms with Crippen molar-refractivity contribution in [2.45, 2.75) is 37.8 Å². The van der Waals surface area contributed by atoms with Crippen LogP contribution in [0.1, 0.15) is 25.0 Å². The van der Waals surface area contributed by atoms with E-state index >= 15 is 0 Å². The number of benzene rings is 1. The third-order valence-corrected chi connectivity index (χ3v) is 5.42. The Bertz CT molecular complexity index is 585. The molecule has 1 unspecified atom stereocenters. The van der Waals surface area contributed by atoms with Gasteiger partial charge in [0, 0.05) is 19.7 Å². The van der Waals surface area contributed by atoms with Crippen molar-refractivity contribution < 1.29 is 13.2 Å². The molecule has 0 bridgehead atoms. The summed E-state index contributed by atoms with van der Waals surface area (Å²) >= 11 is 0. The lowest BCUT2D eigenvalue weighted by Gasteiger charge is -2.24. The Morgan fingerprint density at radius 3 is 2.81 bits per heavy atom. The molecule has 0 saturated carbocycles. The monoisotopic (exact) mass is 312 g/mol. The Hall–Kier alpha value is -0.950. The number of nitrogens with one attached hydrogen (secondary N) is 2. The first-order valence-electron chi connectivity index (χ1n) is 7.28. The molecule has 118 valence electrons. The van der Waals surface area contributed by atoms with Crippen molar-refractivity contribution in [2.75, 3.05) is 20.3 Å². The van der Waals surface area contributed by atoms with Crippen molar-refractivity contribution >= 4 is 10.0 Å². The van der Waals surface area contributed by atoms with E-state index in [1.165, 1.54) is 0 Å². The second kappa shape index (κ2) is 6.87. The second-order valence-corrected chi connectivity index (χ2v) is 7.43. The average molecular weight is 312 g/mol. The van der Waals surface area contributed by atoms with E-state index in [1.807, 2.05) is 19.9 Å². The zero-order valence-corrected chi connectivity index (χ0v) is 13.7. The summed E-state index contributed by atoms with van der Waals surface area (Å²) in [7, 11) is -1.94. The maximum Gasteiger partial charge on any atom is 0.241 e. The van der Waals surface area contributed by atoms with Gasteiger partial charge in [-0.25, -0.2) is 13.1 Å². The summed E-state index contributed by atoms with van der Waals surface area (Å²) in [5.41, 5.74) is 2.00. The van der Waals surface area contributed by atoms with Crippen LogP contribution in [-0.2, 0) is 27.7 Å². The average Bonchev–Trinajstić information content (AvgIpc) is 2.46. The third-order valence-electron chi connectivity index (χ3n) is 3.84. The molecule has 0 amide bonds. The summed E-state index contributed by atoms with van der Waals surface area (Å²) < 4.78 is 33.3. The zero-order chi connectivity index (χ0) is 15.5. The number of sulfonamides is 1. The lowest BCUT2D eigenvalue weighted by molar-refractivity contribution is 0.157. The van der Waals surface area contributed by atoms with Gasteiger partial charge >= 0.3 is 0 Å². The second-order valence-electron chi connectivity index (χ2n) is 5.75. The molecule has 1 aromatic rings. The lowest BCUT2D eigenvalue weighted by Crippen LogP contribution is -2.42. The van der Waals surface area contributed by atoms with E-state index in [2.05, 4.69) is 10.0 Å². The fourth-order valence-electron chi connectivity index (χ4n) is 2.55. The van der Waals surface area contributed by atoms with Gasteiger partial charge in [-0.15, -0.1) is 0 Å². The Labute approximate surface area is 127 Å². The summed E-state index contributed by atoms with van der Waals surface area (Å²) in [5, 5.41) is 3.26. The minimum atomic E-state index is -3.53. The highest BCUT2D eigenvalue weighted by Crippen LogP contribution is 2.23. The first-order chi connectivity index (χ1) is 9.95. The quantitative estimate of drug-likeness (QED) is 0.830. The van der Waals surface area contributed by atoms with Crippen LogP contribution in [0.15, 0.2) is 23.1 Å². The molecule has 21 heavy (non-hydrogen) atoms.